The molecule has 3 heterocycles. The zero-order valence-electron chi connectivity index (χ0n) is 9.58. The fourth-order valence-electron chi connectivity index (χ4n) is 1.73. The van der Waals surface area contributed by atoms with Gasteiger partial charge in [0.15, 0.2) is 11.5 Å². The molecule has 0 atom stereocenters. The van der Waals surface area contributed by atoms with Crippen molar-refractivity contribution in [1.82, 2.24) is 29.5 Å². The van der Waals surface area contributed by atoms with Crippen LogP contribution >= 0.6 is 11.6 Å². The topological polar surface area (TPSA) is 87.4 Å². The molecule has 0 radical (unpaired) electrons. The summed E-state index contributed by atoms with van der Waals surface area (Å²) in [5, 5.41) is 9.50. The van der Waals surface area contributed by atoms with Gasteiger partial charge in [-0.15, -0.1) is 0 Å². The standard InChI is InChI=1S/C10H10ClN7/c1-17-10-7(3-13-17)9(12)15-8(16-10)5-18-4-6(11)2-14-18/h2-4H,5H2,1H3,(H2,12,15,16). The fourth-order valence-corrected chi connectivity index (χ4v) is 1.89. The predicted octanol–water partition coefficient (Wildman–Crippen LogP) is 0.844. The molecule has 0 unspecified atom stereocenters. The molecule has 8 heteroatoms. The summed E-state index contributed by atoms with van der Waals surface area (Å²) in [6.07, 6.45) is 4.92. The molecule has 0 amide bonds. The van der Waals surface area contributed by atoms with Crippen LogP contribution in [0.25, 0.3) is 11.0 Å². The first-order valence-electron chi connectivity index (χ1n) is 5.25. The third kappa shape index (κ3) is 1.78. The Balaban J connectivity index is 2.04. The first kappa shape index (κ1) is 11.0. The lowest BCUT2D eigenvalue weighted by molar-refractivity contribution is 0.655. The highest BCUT2D eigenvalue weighted by molar-refractivity contribution is 6.30. The summed E-state index contributed by atoms with van der Waals surface area (Å²) < 4.78 is 3.31. The Bertz CT molecular complexity index is 714. The van der Waals surface area contributed by atoms with E-state index in [9.17, 15) is 0 Å². The normalized spacial score (nSPS) is 11.2. The molecule has 2 N–H and O–H groups in total. The molecule has 0 saturated carbocycles. The van der Waals surface area contributed by atoms with Gasteiger partial charge in [0, 0.05) is 13.2 Å². The van der Waals surface area contributed by atoms with Crippen LogP contribution in [0.1, 0.15) is 5.82 Å². The summed E-state index contributed by atoms with van der Waals surface area (Å²) in [4.78, 5) is 8.63. The second-order valence-corrected chi connectivity index (χ2v) is 4.32. The van der Waals surface area contributed by atoms with Crippen LogP contribution < -0.4 is 5.73 Å². The van der Waals surface area contributed by atoms with Crippen LogP contribution in [0.3, 0.4) is 0 Å². The van der Waals surface area contributed by atoms with Gasteiger partial charge in [-0.1, -0.05) is 11.6 Å². The molecule has 3 aromatic rings. The molecule has 18 heavy (non-hydrogen) atoms. The number of halogens is 1. The van der Waals surface area contributed by atoms with Gasteiger partial charge in [-0.05, 0) is 0 Å². The molecular weight excluding hydrogens is 254 g/mol. The Labute approximate surface area is 107 Å². The van der Waals surface area contributed by atoms with E-state index in [-0.39, 0.29) is 0 Å². The van der Waals surface area contributed by atoms with E-state index >= 15 is 0 Å². The van der Waals surface area contributed by atoms with Crippen molar-refractivity contribution in [3.05, 3.63) is 29.4 Å². The van der Waals surface area contributed by atoms with Crippen molar-refractivity contribution >= 4 is 28.5 Å². The van der Waals surface area contributed by atoms with Crippen molar-refractivity contribution < 1.29 is 0 Å². The highest BCUT2D eigenvalue weighted by Gasteiger charge is 2.09. The summed E-state index contributed by atoms with van der Waals surface area (Å²) in [7, 11) is 1.81. The van der Waals surface area contributed by atoms with E-state index in [1.54, 1.807) is 28.0 Å². The zero-order valence-corrected chi connectivity index (χ0v) is 10.3. The minimum Gasteiger partial charge on any atom is -0.383 e. The van der Waals surface area contributed by atoms with E-state index in [0.29, 0.717) is 28.9 Å². The maximum Gasteiger partial charge on any atom is 0.163 e. The number of fused-ring (bicyclic) bond motifs is 1. The van der Waals surface area contributed by atoms with E-state index in [0.717, 1.165) is 5.39 Å². The van der Waals surface area contributed by atoms with Crippen LogP contribution in [-0.2, 0) is 13.6 Å². The van der Waals surface area contributed by atoms with Gasteiger partial charge in [0.1, 0.15) is 12.4 Å². The van der Waals surface area contributed by atoms with Crippen molar-refractivity contribution in [2.45, 2.75) is 6.54 Å². The van der Waals surface area contributed by atoms with Gasteiger partial charge in [-0.3, -0.25) is 9.36 Å². The first-order chi connectivity index (χ1) is 8.63. The second-order valence-electron chi connectivity index (χ2n) is 3.89. The maximum absolute atomic E-state index is 5.87. The zero-order chi connectivity index (χ0) is 12.7. The number of aryl methyl sites for hydroxylation is 1. The lowest BCUT2D eigenvalue weighted by Gasteiger charge is -2.03. The van der Waals surface area contributed by atoms with Crippen molar-refractivity contribution in [3.63, 3.8) is 0 Å². The maximum atomic E-state index is 5.87. The Kier molecular flexibility index (Phi) is 2.41. The smallest absolute Gasteiger partial charge is 0.163 e. The number of hydrogen-bond acceptors (Lipinski definition) is 5. The van der Waals surface area contributed by atoms with Crippen molar-refractivity contribution in [3.8, 4) is 0 Å². The molecule has 0 spiro atoms. The molecule has 3 aromatic heterocycles. The van der Waals surface area contributed by atoms with Gasteiger partial charge < -0.3 is 5.73 Å². The molecule has 92 valence electrons. The third-order valence-electron chi connectivity index (χ3n) is 2.57. The number of nitrogen functional groups attached to an aromatic ring is 1. The molecule has 0 aliphatic rings. The second kappa shape index (κ2) is 3.95. The van der Waals surface area contributed by atoms with Gasteiger partial charge in [-0.25, -0.2) is 9.97 Å². The lowest BCUT2D eigenvalue weighted by Crippen LogP contribution is -2.08. The number of nitrogens with two attached hydrogens (primary N) is 1. The average Bonchev–Trinajstić information content (AvgIpc) is 2.87. The molecule has 0 aromatic carbocycles. The lowest BCUT2D eigenvalue weighted by atomic mass is 10.4. The molecule has 7 nitrogen and oxygen atoms in total. The third-order valence-corrected chi connectivity index (χ3v) is 2.77. The van der Waals surface area contributed by atoms with Gasteiger partial charge in [-0.2, -0.15) is 10.2 Å². The van der Waals surface area contributed by atoms with Crippen molar-refractivity contribution in [2.75, 3.05) is 5.73 Å². The number of anilines is 1. The van der Waals surface area contributed by atoms with E-state index in [2.05, 4.69) is 20.2 Å². The van der Waals surface area contributed by atoms with Crippen molar-refractivity contribution in [1.29, 1.82) is 0 Å². The molecule has 0 saturated heterocycles. The summed E-state index contributed by atoms with van der Waals surface area (Å²) in [6, 6.07) is 0. The van der Waals surface area contributed by atoms with Gasteiger partial charge >= 0.3 is 0 Å². The Hall–Kier alpha value is -2.15. The van der Waals surface area contributed by atoms with Gasteiger partial charge in [0.2, 0.25) is 0 Å². The molecule has 3 rings (SSSR count). The predicted molar refractivity (Wildman–Crippen MR) is 67.1 cm³/mol. The van der Waals surface area contributed by atoms with E-state index in [1.165, 1.54) is 0 Å². The van der Waals surface area contributed by atoms with E-state index in [4.69, 9.17) is 17.3 Å². The van der Waals surface area contributed by atoms with Crippen LogP contribution in [0.15, 0.2) is 18.6 Å². The molecule has 0 bridgehead atoms. The number of nitrogens with zero attached hydrogens (tertiary/aromatic N) is 6. The first-order valence-corrected chi connectivity index (χ1v) is 5.63. The van der Waals surface area contributed by atoms with Crippen molar-refractivity contribution in [2.24, 2.45) is 7.05 Å². The highest BCUT2D eigenvalue weighted by atomic mass is 35.5. The molecule has 0 aliphatic carbocycles. The van der Waals surface area contributed by atoms with Crippen LogP contribution in [0.4, 0.5) is 5.82 Å². The van der Waals surface area contributed by atoms with Gasteiger partial charge in [0.05, 0.1) is 22.8 Å². The summed E-state index contributed by atoms with van der Waals surface area (Å²) >= 11 is 5.80. The van der Waals surface area contributed by atoms with E-state index < -0.39 is 0 Å². The molecule has 0 fully saturated rings. The summed E-state index contributed by atoms with van der Waals surface area (Å²) in [5.74, 6) is 0.990. The molecular formula is C10H10ClN7. The average molecular weight is 264 g/mol. The number of aromatic nitrogens is 6. The Morgan fingerprint density at radius 3 is 2.83 bits per heavy atom. The highest BCUT2D eigenvalue weighted by Crippen LogP contribution is 2.16. The monoisotopic (exact) mass is 263 g/mol. The fraction of sp³-hybridized carbons (Fsp3) is 0.200. The largest absolute Gasteiger partial charge is 0.383 e. The number of rotatable bonds is 2. The SMILES string of the molecule is Cn1ncc2c(N)nc(Cn3cc(Cl)cn3)nc21. The molecule has 0 aliphatic heterocycles. The van der Waals surface area contributed by atoms with Crippen LogP contribution in [0.5, 0.6) is 0 Å². The van der Waals surface area contributed by atoms with Gasteiger partial charge in [0.25, 0.3) is 0 Å². The summed E-state index contributed by atoms with van der Waals surface area (Å²) in [5.41, 5.74) is 6.57. The van der Waals surface area contributed by atoms with E-state index in [1.807, 2.05) is 7.05 Å². The number of hydrogen-bond donors (Lipinski definition) is 1. The Morgan fingerprint density at radius 2 is 2.11 bits per heavy atom. The quantitative estimate of drug-likeness (QED) is 0.740. The minimum absolute atomic E-state index is 0.415. The van der Waals surface area contributed by atoms with Crippen LogP contribution in [-0.4, -0.2) is 29.5 Å². The minimum atomic E-state index is 0.415. The summed E-state index contributed by atoms with van der Waals surface area (Å²) in [6.45, 7) is 0.415. The Morgan fingerprint density at radius 1 is 1.28 bits per heavy atom. The van der Waals surface area contributed by atoms with Crippen LogP contribution in [0, 0.1) is 0 Å². The van der Waals surface area contributed by atoms with Crippen LogP contribution in [0.2, 0.25) is 5.02 Å².